The molecule has 3 nitrogen and oxygen atoms in total. The van der Waals surface area contributed by atoms with Gasteiger partial charge in [0.15, 0.2) is 0 Å². The van der Waals surface area contributed by atoms with Crippen molar-refractivity contribution in [2.24, 2.45) is 0 Å². The second kappa shape index (κ2) is 5.61. The van der Waals surface area contributed by atoms with Crippen LogP contribution < -0.4 is 5.32 Å². The van der Waals surface area contributed by atoms with Crippen LogP contribution in [-0.2, 0) is 4.79 Å². The normalized spacial score (nSPS) is 12.0. The van der Waals surface area contributed by atoms with Crippen LogP contribution in [0.4, 0.5) is 0 Å². The Labute approximate surface area is 107 Å². The summed E-state index contributed by atoms with van der Waals surface area (Å²) in [4.78, 5) is 12.5. The Bertz CT molecular complexity index is 398. The molecule has 0 aliphatic heterocycles. The predicted molar refractivity (Wildman–Crippen MR) is 70.4 cm³/mol. The first-order valence-corrected chi connectivity index (χ1v) is 6.45. The summed E-state index contributed by atoms with van der Waals surface area (Å²) < 4.78 is 1.01. The van der Waals surface area contributed by atoms with Crippen molar-refractivity contribution in [2.45, 2.75) is 19.4 Å². The molecule has 1 heterocycles. The molecule has 1 rings (SSSR count). The highest BCUT2D eigenvalue weighted by molar-refractivity contribution is 9.10. The zero-order valence-corrected chi connectivity index (χ0v) is 11.6. The molecule has 1 aromatic heterocycles. The van der Waals surface area contributed by atoms with Gasteiger partial charge in [-0.15, -0.1) is 11.3 Å². The molecule has 0 saturated carbocycles. The highest BCUT2D eigenvalue weighted by atomic mass is 79.9. The van der Waals surface area contributed by atoms with Crippen molar-refractivity contribution in [3.63, 3.8) is 0 Å². The molecule has 0 aromatic carbocycles. The lowest BCUT2D eigenvalue weighted by Gasteiger charge is -2.22. The fraction of sp³-hybridized carbons (Fsp3) is 0.364. The largest absolute Gasteiger partial charge is 0.394 e. The standard InChI is InChI=1S/C11H14BrNO2S/c1-11(2,7-14)13-10(15)4-3-9-5-8(12)6-16-9/h3-6,14H,7H2,1-2H3,(H,13,15)/b4-3+. The molecule has 0 bridgehead atoms. The second-order valence-electron chi connectivity index (χ2n) is 4.03. The summed E-state index contributed by atoms with van der Waals surface area (Å²) in [7, 11) is 0. The molecule has 0 aliphatic rings. The van der Waals surface area contributed by atoms with Crippen molar-refractivity contribution >= 4 is 39.2 Å². The van der Waals surface area contributed by atoms with Crippen LogP contribution in [0.25, 0.3) is 6.08 Å². The van der Waals surface area contributed by atoms with E-state index in [0.717, 1.165) is 9.35 Å². The molecule has 16 heavy (non-hydrogen) atoms. The van der Waals surface area contributed by atoms with E-state index in [1.165, 1.54) is 6.08 Å². The number of rotatable bonds is 4. The van der Waals surface area contributed by atoms with Gasteiger partial charge in [-0.1, -0.05) is 0 Å². The maximum Gasteiger partial charge on any atom is 0.244 e. The first kappa shape index (κ1) is 13.4. The van der Waals surface area contributed by atoms with Gasteiger partial charge in [0.05, 0.1) is 12.1 Å². The van der Waals surface area contributed by atoms with E-state index in [0.29, 0.717) is 0 Å². The molecule has 0 unspecified atom stereocenters. The maximum atomic E-state index is 11.5. The highest BCUT2D eigenvalue weighted by Gasteiger charge is 2.17. The van der Waals surface area contributed by atoms with Crippen LogP contribution in [0.3, 0.4) is 0 Å². The number of hydrogen-bond acceptors (Lipinski definition) is 3. The smallest absolute Gasteiger partial charge is 0.244 e. The van der Waals surface area contributed by atoms with Crippen molar-refractivity contribution in [1.29, 1.82) is 0 Å². The van der Waals surface area contributed by atoms with E-state index in [1.807, 2.05) is 11.4 Å². The van der Waals surface area contributed by atoms with Gasteiger partial charge < -0.3 is 10.4 Å². The summed E-state index contributed by atoms with van der Waals surface area (Å²) in [6.45, 7) is 3.44. The summed E-state index contributed by atoms with van der Waals surface area (Å²) in [6, 6.07) is 1.94. The minimum absolute atomic E-state index is 0.0862. The van der Waals surface area contributed by atoms with Gasteiger partial charge in [-0.2, -0.15) is 0 Å². The molecule has 5 heteroatoms. The van der Waals surface area contributed by atoms with Crippen LogP contribution >= 0.6 is 27.3 Å². The highest BCUT2D eigenvalue weighted by Crippen LogP contribution is 2.20. The van der Waals surface area contributed by atoms with Crippen LogP contribution in [0.15, 0.2) is 22.0 Å². The lowest BCUT2D eigenvalue weighted by Crippen LogP contribution is -2.45. The molecular weight excluding hydrogens is 290 g/mol. The zero-order valence-electron chi connectivity index (χ0n) is 9.16. The van der Waals surface area contributed by atoms with Crippen LogP contribution in [0.5, 0.6) is 0 Å². The van der Waals surface area contributed by atoms with Crippen LogP contribution in [0, 0.1) is 0 Å². The molecule has 1 aromatic rings. The van der Waals surface area contributed by atoms with Gasteiger partial charge in [0.25, 0.3) is 0 Å². The van der Waals surface area contributed by atoms with Crippen molar-refractivity contribution in [3.8, 4) is 0 Å². The topological polar surface area (TPSA) is 49.3 Å². The monoisotopic (exact) mass is 303 g/mol. The average molecular weight is 304 g/mol. The van der Waals surface area contributed by atoms with E-state index in [1.54, 1.807) is 31.3 Å². The second-order valence-corrected chi connectivity index (χ2v) is 5.89. The van der Waals surface area contributed by atoms with Crippen LogP contribution in [0.2, 0.25) is 0 Å². The minimum atomic E-state index is -0.586. The third-order valence-corrected chi connectivity index (χ3v) is 3.50. The molecule has 0 aliphatic carbocycles. The molecule has 0 radical (unpaired) electrons. The molecule has 0 saturated heterocycles. The fourth-order valence-electron chi connectivity index (χ4n) is 0.988. The van der Waals surface area contributed by atoms with Gasteiger partial charge in [-0.3, -0.25) is 4.79 Å². The number of halogens is 1. The Balaban J connectivity index is 2.55. The number of aliphatic hydroxyl groups excluding tert-OH is 1. The number of hydrogen-bond donors (Lipinski definition) is 2. The third kappa shape index (κ3) is 4.47. The molecular formula is C11H14BrNO2S. The van der Waals surface area contributed by atoms with Gasteiger partial charge in [0, 0.05) is 20.8 Å². The van der Waals surface area contributed by atoms with E-state index in [9.17, 15) is 4.79 Å². The number of amides is 1. The Morgan fingerprint density at radius 3 is 2.88 bits per heavy atom. The third-order valence-electron chi connectivity index (χ3n) is 1.84. The van der Waals surface area contributed by atoms with Crippen LogP contribution in [0.1, 0.15) is 18.7 Å². The van der Waals surface area contributed by atoms with Gasteiger partial charge >= 0.3 is 0 Å². The maximum absolute atomic E-state index is 11.5. The molecule has 0 spiro atoms. The van der Waals surface area contributed by atoms with Gasteiger partial charge in [0.2, 0.25) is 5.91 Å². The number of carbonyl (C=O) groups is 1. The number of aliphatic hydroxyl groups is 1. The Kier molecular flexibility index (Phi) is 4.70. The average Bonchev–Trinajstić information content (AvgIpc) is 2.61. The molecule has 88 valence electrons. The number of carbonyl (C=O) groups excluding carboxylic acids is 1. The number of nitrogens with one attached hydrogen (secondary N) is 1. The summed E-state index contributed by atoms with van der Waals surface area (Å²) in [6.07, 6.45) is 3.22. The van der Waals surface area contributed by atoms with Gasteiger partial charge in [0.1, 0.15) is 0 Å². The lowest BCUT2D eigenvalue weighted by atomic mass is 10.1. The Morgan fingerprint density at radius 2 is 2.38 bits per heavy atom. The van der Waals surface area contributed by atoms with Crippen molar-refractivity contribution in [2.75, 3.05) is 6.61 Å². The van der Waals surface area contributed by atoms with E-state index in [4.69, 9.17) is 5.11 Å². The molecule has 1 amide bonds. The van der Waals surface area contributed by atoms with Crippen molar-refractivity contribution in [3.05, 3.63) is 26.9 Å². The van der Waals surface area contributed by atoms with Gasteiger partial charge in [-0.25, -0.2) is 0 Å². The zero-order chi connectivity index (χ0) is 12.2. The predicted octanol–water partition coefficient (Wildman–Crippen LogP) is 2.41. The van der Waals surface area contributed by atoms with E-state index < -0.39 is 5.54 Å². The first-order valence-electron chi connectivity index (χ1n) is 4.78. The molecule has 0 atom stereocenters. The number of thiophene rings is 1. The van der Waals surface area contributed by atoms with Crippen molar-refractivity contribution < 1.29 is 9.90 Å². The lowest BCUT2D eigenvalue weighted by molar-refractivity contribution is -0.118. The summed E-state index contributed by atoms with van der Waals surface area (Å²) in [5, 5.41) is 13.6. The Hall–Kier alpha value is -0.650. The summed E-state index contributed by atoms with van der Waals surface area (Å²) in [5.74, 6) is -0.205. The SMILES string of the molecule is CC(C)(CO)NC(=O)/C=C/c1cc(Br)cs1. The molecule has 2 N–H and O–H groups in total. The summed E-state index contributed by atoms with van der Waals surface area (Å²) >= 11 is 4.89. The minimum Gasteiger partial charge on any atom is -0.394 e. The van der Waals surface area contributed by atoms with Crippen LogP contribution in [-0.4, -0.2) is 23.2 Å². The van der Waals surface area contributed by atoms with E-state index in [-0.39, 0.29) is 12.5 Å². The fourth-order valence-corrected chi connectivity index (χ4v) is 2.33. The van der Waals surface area contributed by atoms with Gasteiger partial charge in [-0.05, 0) is 41.9 Å². The van der Waals surface area contributed by atoms with E-state index in [2.05, 4.69) is 21.2 Å². The van der Waals surface area contributed by atoms with E-state index >= 15 is 0 Å². The quantitative estimate of drug-likeness (QED) is 0.839. The Morgan fingerprint density at radius 1 is 1.69 bits per heavy atom. The molecule has 0 fully saturated rings. The van der Waals surface area contributed by atoms with Crippen molar-refractivity contribution in [1.82, 2.24) is 5.32 Å². The summed E-state index contributed by atoms with van der Waals surface area (Å²) in [5.41, 5.74) is -0.586. The first-order chi connectivity index (χ1) is 7.43.